The Balaban J connectivity index is 5.42. The molecule has 0 fully saturated rings. The van der Waals surface area contributed by atoms with E-state index in [9.17, 15) is 24.0 Å². The van der Waals surface area contributed by atoms with Crippen LogP contribution in [0.25, 0.3) is 0 Å². The van der Waals surface area contributed by atoms with Gasteiger partial charge in [-0.3, -0.25) is 24.2 Å². The maximum absolute atomic E-state index is 12.7. The van der Waals surface area contributed by atoms with Crippen LogP contribution in [0.5, 0.6) is 0 Å². The molecule has 0 heterocycles. The molecular formula is C19H35N7O7S. The van der Waals surface area contributed by atoms with E-state index in [-0.39, 0.29) is 37.0 Å². The Morgan fingerprint density at radius 3 is 1.91 bits per heavy atom. The van der Waals surface area contributed by atoms with Crippen LogP contribution >= 0.6 is 12.6 Å². The Labute approximate surface area is 202 Å². The van der Waals surface area contributed by atoms with Gasteiger partial charge in [-0.25, -0.2) is 4.79 Å². The maximum Gasteiger partial charge on any atom is 0.326 e. The van der Waals surface area contributed by atoms with E-state index in [1.54, 1.807) is 0 Å². The number of nitrogens with zero attached hydrogens (tertiary/aromatic N) is 1. The number of carboxylic acid groups (broad SMARTS) is 2. The van der Waals surface area contributed by atoms with Gasteiger partial charge in [0.15, 0.2) is 5.96 Å². The van der Waals surface area contributed by atoms with Gasteiger partial charge in [-0.15, -0.1) is 0 Å². The zero-order valence-electron chi connectivity index (χ0n) is 19.2. The van der Waals surface area contributed by atoms with Gasteiger partial charge < -0.3 is 43.4 Å². The topological polar surface area (TPSA) is 252 Å². The van der Waals surface area contributed by atoms with Crippen LogP contribution in [-0.4, -0.2) is 82.3 Å². The first-order valence-corrected chi connectivity index (χ1v) is 11.2. The lowest BCUT2D eigenvalue weighted by Crippen LogP contribution is -2.57. The molecule has 0 aliphatic rings. The predicted octanol–water partition coefficient (Wildman–Crippen LogP) is -2.64. The minimum Gasteiger partial charge on any atom is -0.481 e. The zero-order valence-corrected chi connectivity index (χ0v) is 20.1. The Kier molecular flexibility index (Phi) is 14.3. The number of aliphatic carboxylic acids is 2. The SMILES string of the molecule is CC(C)CC(N)C(=O)NC(CS)C(=O)NC(CCCN=C(N)N)C(=O)NC(CC(=O)O)C(=O)O. The number of thiol groups is 1. The molecule has 34 heavy (non-hydrogen) atoms. The van der Waals surface area contributed by atoms with Gasteiger partial charge in [0, 0.05) is 12.3 Å². The van der Waals surface area contributed by atoms with Crippen molar-refractivity contribution >= 4 is 48.2 Å². The molecule has 15 heteroatoms. The first-order chi connectivity index (χ1) is 15.8. The highest BCUT2D eigenvalue weighted by molar-refractivity contribution is 7.80. The molecule has 0 radical (unpaired) electrons. The molecule has 0 aromatic rings. The van der Waals surface area contributed by atoms with Crippen LogP contribution in [0.2, 0.25) is 0 Å². The van der Waals surface area contributed by atoms with Crippen LogP contribution in [0.15, 0.2) is 4.99 Å². The smallest absolute Gasteiger partial charge is 0.326 e. The van der Waals surface area contributed by atoms with Crippen molar-refractivity contribution in [3.05, 3.63) is 0 Å². The second-order valence-corrected chi connectivity index (χ2v) is 8.35. The summed E-state index contributed by atoms with van der Waals surface area (Å²) in [6.45, 7) is 3.89. The quantitative estimate of drug-likeness (QED) is 0.0456. The van der Waals surface area contributed by atoms with E-state index in [1.807, 2.05) is 13.8 Å². The van der Waals surface area contributed by atoms with E-state index in [2.05, 4.69) is 33.6 Å². The van der Waals surface area contributed by atoms with E-state index in [0.717, 1.165) is 0 Å². The summed E-state index contributed by atoms with van der Waals surface area (Å²) in [7, 11) is 0. The Morgan fingerprint density at radius 1 is 0.912 bits per heavy atom. The summed E-state index contributed by atoms with van der Waals surface area (Å²) >= 11 is 4.06. The second kappa shape index (κ2) is 15.7. The van der Waals surface area contributed by atoms with Gasteiger partial charge in [-0.1, -0.05) is 13.8 Å². The summed E-state index contributed by atoms with van der Waals surface area (Å²) in [4.78, 5) is 63.6. The number of carbonyl (C=O) groups is 5. The third-order valence-electron chi connectivity index (χ3n) is 4.45. The summed E-state index contributed by atoms with van der Waals surface area (Å²) in [5, 5.41) is 25.0. The van der Waals surface area contributed by atoms with Crippen LogP contribution in [0.4, 0.5) is 0 Å². The van der Waals surface area contributed by atoms with Crippen LogP contribution in [0.3, 0.4) is 0 Å². The standard InChI is InChI=1S/C19H35N7O7S/c1-9(2)6-10(20)15(29)26-13(8-34)17(31)24-11(4-3-5-23-19(21)22)16(30)25-12(18(32)33)7-14(27)28/h9-13,34H,3-8,20H2,1-2H3,(H,24,31)(H,25,30)(H,26,29)(H,27,28)(H,32,33)(H4,21,22,23). The molecule has 0 saturated heterocycles. The maximum atomic E-state index is 12.7. The molecule has 0 aliphatic carbocycles. The van der Waals surface area contributed by atoms with Crippen LogP contribution in [-0.2, 0) is 24.0 Å². The van der Waals surface area contributed by atoms with Crippen LogP contribution in [0.1, 0.15) is 39.5 Å². The molecular weight excluding hydrogens is 470 g/mol. The number of amides is 3. The molecule has 0 spiro atoms. The fraction of sp³-hybridized carbons (Fsp3) is 0.684. The summed E-state index contributed by atoms with van der Waals surface area (Å²) in [5.41, 5.74) is 16.3. The van der Waals surface area contributed by atoms with Crippen molar-refractivity contribution in [2.24, 2.45) is 28.1 Å². The molecule has 0 rings (SSSR count). The highest BCUT2D eigenvalue weighted by Gasteiger charge is 2.30. The van der Waals surface area contributed by atoms with Gasteiger partial charge >= 0.3 is 11.9 Å². The molecule has 0 aromatic carbocycles. The lowest BCUT2D eigenvalue weighted by molar-refractivity contribution is -0.147. The number of rotatable bonds is 16. The van der Waals surface area contributed by atoms with Crippen LogP contribution < -0.4 is 33.2 Å². The molecule has 0 bridgehead atoms. The lowest BCUT2D eigenvalue weighted by Gasteiger charge is -2.24. The number of hydrogen-bond acceptors (Lipinski definition) is 8. The van der Waals surface area contributed by atoms with E-state index < -0.39 is 60.2 Å². The molecule has 14 nitrogen and oxygen atoms in total. The van der Waals surface area contributed by atoms with Gasteiger partial charge in [0.05, 0.1) is 12.5 Å². The number of nitrogens with one attached hydrogen (secondary N) is 3. The van der Waals surface area contributed by atoms with Crippen molar-refractivity contribution in [3.8, 4) is 0 Å². The first kappa shape index (κ1) is 30.9. The van der Waals surface area contributed by atoms with E-state index in [0.29, 0.717) is 6.42 Å². The second-order valence-electron chi connectivity index (χ2n) is 7.99. The summed E-state index contributed by atoms with van der Waals surface area (Å²) in [5.74, 6) is -5.37. The first-order valence-electron chi connectivity index (χ1n) is 10.6. The zero-order chi connectivity index (χ0) is 26.4. The summed E-state index contributed by atoms with van der Waals surface area (Å²) in [6, 6.07) is -4.95. The van der Waals surface area contributed by atoms with Crippen molar-refractivity contribution in [2.75, 3.05) is 12.3 Å². The third-order valence-corrected chi connectivity index (χ3v) is 4.81. The number of aliphatic imine (C=N–C) groups is 1. The fourth-order valence-electron chi connectivity index (χ4n) is 2.78. The van der Waals surface area contributed by atoms with Crippen molar-refractivity contribution in [1.29, 1.82) is 0 Å². The molecule has 194 valence electrons. The lowest BCUT2D eigenvalue weighted by atomic mass is 10.0. The highest BCUT2D eigenvalue weighted by atomic mass is 32.1. The van der Waals surface area contributed by atoms with Crippen molar-refractivity contribution in [2.45, 2.75) is 63.7 Å². The van der Waals surface area contributed by atoms with Crippen molar-refractivity contribution in [3.63, 3.8) is 0 Å². The Bertz CT molecular complexity index is 759. The molecule has 0 aliphatic heterocycles. The number of carboxylic acids is 2. The van der Waals surface area contributed by atoms with Crippen LogP contribution in [0, 0.1) is 5.92 Å². The molecule has 0 aromatic heterocycles. The Hall–Kier alpha value is -3.07. The largest absolute Gasteiger partial charge is 0.481 e. The van der Waals surface area contributed by atoms with E-state index in [4.69, 9.17) is 27.4 Å². The van der Waals surface area contributed by atoms with Gasteiger partial charge in [0.25, 0.3) is 0 Å². The molecule has 3 amide bonds. The molecule has 4 unspecified atom stereocenters. The minimum absolute atomic E-state index is 0.00609. The predicted molar refractivity (Wildman–Crippen MR) is 127 cm³/mol. The van der Waals surface area contributed by atoms with Crippen molar-refractivity contribution in [1.82, 2.24) is 16.0 Å². The average molecular weight is 506 g/mol. The summed E-state index contributed by atoms with van der Waals surface area (Å²) < 4.78 is 0. The number of nitrogens with two attached hydrogens (primary N) is 3. The van der Waals surface area contributed by atoms with Crippen molar-refractivity contribution < 1.29 is 34.2 Å². The minimum atomic E-state index is -1.71. The molecule has 0 saturated carbocycles. The number of carbonyl (C=O) groups excluding carboxylic acids is 3. The fourth-order valence-corrected chi connectivity index (χ4v) is 3.04. The van der Waals surface area contributed by atoms with Gasteiger partial charge in [-0.2, -0.15) is 12.6 Å². The van der Waals surface area contributed by atoms with E-state index >= 15 is 0 Å². The molecule has 4 atom stereocenters. The average Bonchev–Trinajstić information content (AvgIpc) is 2.71. The van der Waals surface area contributed by atoms with Gasteiger partial charge in [0.1, 0.15) is 18.1 Å². The van der Waals surface area contributed by atoms with Gasteiger partial charge in [-0.05, 0) is 25.2 Å². The number of hydrogen-bond donors (Lipinski definition) is 9. The number of guanidine groups is 1. The van der Waals surface area contributed by atoms with E-state index in [1.165, 1.54) is 0 Å². The highest BCUT2D eigenvalue weighted by Crippen LogP contribution is 2.05. The monoisotopic (exact) mass is 505 g/mol. The third kappa shape index (κ3) is 12.8. The molecule has 11 N–H and O–H groups in total. The van der Waals surface area contributed by atoms with Gasteiger partial charge in [0.2, 0.25) is 17.7 Å². The Morgan fingerprint density at radius 2 is 1.44 bits per heavy atom. The summed E-state index contributed by atoms with van der Waals surface area (Å²) in [6.07, 6.45) is -0.251. The normalized spacial score (nSPS) is 14.3.